The van der Waals surface area contributed by atoms with E-state index < -0.39 is 15.8 Å². The van der Waals surface area contributed by atoms with Crippen molar-refractivity contribution in [3.8, 4) is 5.75 Å². The standard InChI is InChI=1S/C26H28FN3O4S/c1-34-24-6-2-4-19(16-24)18-30-14-12-22(13-15-30)28-26(31)20-5-3-7-25(17-20)35(32,33)29-23-10-8-21(27)9-11-23/h2-11,16-17,22,29H,12-15,18H2,1H3,(H,28,31). The Morgan fingerprint density at radius 1 is 1.03 bits per heavy atom. The van der Waals surface area contributed by atoms with Gasteiger partial charge in [-0.15, -0.1) is 0 Å². The van der Waals surface area contributed by atoms with Crippen LogP contribution in [0, 0.1) is 5.82 Å². The van der Waals surface area contributed by atoms with Crippen LogP contribution in [0.4, 0.5) is 10.1 Å². The third-order valence-corrected chi connectivity index (χ3v) is 7.35. The topological polar surface area (TPSA) is 87.7 Å². The van der Waals surface area contributed by atoms with Crippen molar-refractivity contribution in [2.24, 2.45) is 0 Å². The van der Waals surface area contributed by atoms with Crippen LogP contribution in [0.25, 0.3) is 0 Å². The number of amides is 1. The molecule has 35 heavy (non-hydrogen) atoms. The smallest absolute Gasteiger partial charge is 0.261 e. The van der Waals surface area contributed by atoms with E-state index in [4.69, 9.17) is 4.74 Å². The fraction of sp³-hybridized carbons (Fsp3) is 0.269. The minimum Gasteiger partial charge on any atom is -0.497 e. The number of hydrogen-bond donors (Lipinski definition) is 2. The number of hydrogen-bond acceptors (Lipinski definition) is 5. The minimum atomic E-state index is -3.93. The lowest BCUT2D eigenvalue weighted by Crippen LogP contribution is -2.44. The zero-order valence-electron chi connectivity index (χ0n) is 19.4. The summed E-state index contributed by atoms with van der Waals surface area (Å²) < 4.78 is 46.2. The summed E-state index contributed by atoms with van der Waals surface area (Å²) in [6.45, 7) is 2.51. The second-order valence-electron chi connectivity index (χ2n) is 8.52. The molecule has 0 aromatic heterocycles. The van der Waals surface area contributed by atoms with E-state index in [2.05, 4.69) is 21.0 Å². The number of nitrogens with one attached hydrogen (secondary N) is 2. The van der Waals surface area contributed by atoms with Crippen molar-refractivity contribution in [3.05, 3.63) is 89.7 Å². The van der Waals surface area contributed by atoms with Crippen molar-refractivity contribution in [3.63, 3.8) is 0 Å². The number of piperidine rings is 1. The molecule has 1 aliphatic rings. The van der Waals surface area contributed by atoms with Crippen molar-refractivity contribution >= 4 is 21.6 Å². The largest absolute Gasteiger partial charge is 0.497 e. The van der Waals surface area contributed by atoms with Gasteiger partial charge in [-0.2, -0.15) is 0 Å². The molecule has 0 aliphatic carbocycles. The van der Waals surface area contributed by atoms with Gasteiger partial charge in [0.05, 0.1) is 12.0 Å². The summed E-state index contributed by atoms with van der Waals surface area (Å²) in [5, 5.41) is 3.03. The number of carbonyl (C=O) groups is 1. The molecule has 3 aromatic rings. The van der Waals surface area contributed by atoms with E-state index in [9.17, 15) is 17.6 Å². The van der Waals surface area contributed by atoms with Crippen LogP contribution in [-0.2, 0) is 16.6 Å². The van der Waals surface area contributed by atoms with Gasteiger partial charge in [0.2, 0.25) is 0 Å². The van der Waals surface area contributed by atoms with Gasteiger partial charge in [0.1, 0.15) is 11.6 Å². The average Bonchev–Trinajstić information content (AvgIpc) is 2.87. The monoisotopic (exact) mass is 497 g/mol. The number of benzene rings is 3. The Hall–Kier alpha value is -3.43. The molecule has 9 heteroatoms. The summed E-state index contributed by atoms with van der Waals surface area (Å²) in [5.41, 5.74) is 1.69. The summed E-state index contributed by atoms with van der Waals surface area (Å²) >= 11 is 0. The molecular weight excluding hydrogens is 469 g/mol. The molecule has 7 nitrogen and oxygen atoms in total. The predicted molar refractivity (Wildman–Crippen MR) is 132 cm³/mol. The molecule has 0 atom stereocenters. The maximum Gasteiger partial charge on any atom is 0.261 e. The molecule has 1 aliphatic heterocycles. The first-order chi connectivity index (χ1) is 16.8. The zero-order chi connectivity index (χ0) is 24.8. The quantitative estimate of drug-likeness (QED) is 0.491. The molecule has 1 fully saturated rings. The molecule has 2 N–H and O–H groups in total. The average molecular weight is 498 g/mol. The van der Waals surface area contributed by atoms with Gasteiger partial charge < -0.3 is 10.1 Å². The number of methoxy groups -OCH3 is 1. The second-order valence-corrected chi connectivity index (χ2v) is 10.2. The molecule has 4 rings (SSSR count). The van der Waals surface area contributed by atoms with Gasteiger partial charge in [-0.05, 0) is 73.0 Å². The lowest BCUT2D eigenvalue weighted by atomic mass is 10.0. The number of sulfonamides is 1. The van der Waals surface area contributed by atoms with Crippen molar-refractivity contribution in [2.75, 3.05) is 24.9 Å². The van der Waals surface area contributed by atoms with Gasteiger partial charge in [-0.25, -0.2) is 12.8 Å². The van der Waals surface area contributed by atoms with Gasteiger partial charge in [-0.3, -0.25) is 14.4 Å². The first-order valence-corrected chi connectivity index (χ1v) is 12.9. The first kappa shape index (κ1) is 24.7. The highest BCUT2D eigenvalue weighted by molar-refractivity contribution is 7.92. The van der Waals surface area contributed by atoms with E-state index in [0.29, 0.717) is 0 Å². The number of ether oxygens (including phenoxy) is 1. The summed E-state index contributed by atoms with van der Waals surface area (Å²) in [6, 6.07) is 18.9. The highest BCUT2D eigenvalue weighted by Crippen LogP contribution is 2.20. The Kier molecular flexibility index (Phi) is 7.67. The Morgan fingerprint density at radius 3 is 2.46 bits per heavy atom. The lowest BCUT2D eigenvalue weighted by Gasteiger charge is -2.32. The summed E-state index contributed by atoms with van der Waals surface area (Å²) in [4.78, 5) is 15.1. The van der Waals surface area contributed by atoms with Crippen LogP contribution in [0.1, 0.15) is 28.8 Å². The Morgan fingerprint density at radius 2 is 1.74 bits per heavy atom. The normalized spacial score (nSPS) is 14.9. The molecule has 1 amide bonds. The maximum absolute atomic E-state index is 13.1. The van der Waals surface area contributed by atoms with Gasteiger partial charge in [-0.1, -0.05) is 18.2 Å². The molecule has 184 valence electrons. The van der Waals surface area contributed by atoms with Gasteiger partial charge in [0.25, 0.3) is 15.9 Å². The fourth-order valence-electron chi connectivity index (χ4n) is 4.07. The number of likely N-dealkylation sites (tertiary alicyclic amines) is 1. The van der Waals surface area contributed by atoms with E-state index in [1.165, 1.54) is 48.0 Å². The van der Waals surface area contributed by atoms with Crippen LogP contribution in [0.2, 0.25) is 0 Å². The van der Waals surface area contributed by atoms with E-state index in [-0.39, 0.29) is 28.1 Å². The SMILES string of the molecule is COc1cccc(CN2CCC(NC(=O)c3cccc(S(=O)(=O)Nc4ccc(F)cc4)c3)CC2)c1. The summed E-state index contributed by atoms with van der Waals surface area (Å²) in [7, 11) is -2.27. The summed E-state index contributed by atoms with van der Waals surface area (Å²) in [6.07, 6.45) is 1.61. The Bertz CT molecular complexity index is 1270. The highest BCUT2D eigenvalue weighted by Gasteiger charge is 2.22. The fourth-order valence-corrected chi connectivity index (χ4v) is 5.17. The zero-order valence-corrected chi connectivity index (χ0v) is 20.2. The molecule has 0 spiro atoms. The maximum atomic E-state index is 13.1. The van der Waals surface area contributed by atoms with Crippen LogP contribution in [0.15, 0.2) is 77.7 Å². The van der Waals surface area contributed by atoms with Crippen LogP contribution >= 0.6 is 0 Å². The molecule has 0 unspecified atom stereocenters. The Labute approximate surface area is 205 Å². The Balaban J connectivity index is 1.33. The van der Waals surface area contributed by atoms with Crippen LogP contribution in [0.3, 0.4) is 0 Å². The van der Waals surface area contributed by atoms with Crippen molar-refractivity contribution in [2.45, 2.75) is 30.3 Å². The first-order valence-electron chi connectivity index (χ1n) is 11.4. The predicted octanol–water partition coefficient (Wildman–Crippen LogP) is 4.03. The van der Waals surface area contributed by atoms with Crippen LogP contribution < -0.4 is 14.8 Å². The number of carbonyl (C=O) groups excluding carboxylic acids is 1. The highest BCUT2D eigenvalue weighted by atomic mass is 32.2. The molecule has 3 aromatic carbocycles. The number of anilines is 1. The summed E-state index contributed by atoms with van der Waals surface area (Å²) in [5.74, 6) is 0.0644. The molecule has 1 saturated heterocycles. The number of halogens is 1. The lowest BCUT2D eigenvalue weighted by molar-refractivity contribution is 0.0908. The van der Waals surface area contributed by atoms with Gasteiger partial charge in [0.15, 0.2) is 0 Å². The molecule has 1 heterocycles. The number of nitrogens with zero attached hydrogens (tertiary/aromatic N) is 1. The third-order valence-electron chi connectivity index (χ3n) is 5.97. The van der Waals surface area contributed by atoms with Crippen molar-refractivity contribution < 1.29 is 22.3 Å². The van der Waals surface area contributed by atoms with E-state index >= 15 is 0 Å². The molecule has 0 saturated carbocycles. The number of rotatable bonds is 8. The van der Waals surface area contributed by atoms with E-state index in [1.54, 1.807) is 13.2 Å². The third kappa shape index (κ3) is 6.58. The minimum absolute atomic E-state index is 0.0154. The molecular formula is C26H28FN3O4S. The van der Waals surface area contributed by atoms with Crippen molar-refractivity contribution in [1.82, 2.24) is 10.2 Å². The van der Waals surface area contributed by atoms with Crippen molar-refractivity contribution in [1.29, 1.82) is 0 Å². The molecule has 0 radical (unpaired) electrons. The van der Waals surface area contributed by atoms with Gasteiger partial charge in [0, 0.05) is 36.9 Å². The van der Waals surface area contributed by atoms with E-state index in [1.807, 2.05) is 18.2 Å². The van der Waals surface area contributed by atoms with Gasteiger partial charge >= 0.3 is 0 Å². The second kappa shape index (κ2) is 10.9. The molecule has 0 bridgehead atoms. The van der Waals surface area contributed by atoms with Crippen LogP contribution in [-0.4, -0.2) is 45.5 Å². The van der Waals surface area contributed by atoms with E-state index in [0.717, 1.165) is 38.2 Å². The van der Waals surface area contributed by atoms with Crippen LogP contribution in [0.5, 0.6) is 5.75 Å².